The first kappa shape index (κ1) is 34.3. The van der Waals surface area contributed by atoms with Crippen LogP contribution in [0, 0.1) is 5.92 Å². The normalized spacial score (nSPS) is 20.4. The van der Waals surface area contributed by atoms with Gasteiger partial charge in [-0.1, -0.05) is 6.07 Å². The number of fused-ring (bicyclic) bond motifs is 1. The van der Waals surface area contributed by atoms with Crippen molar-refractivity contribution in [3.8, 4) is 5.75 Å². The zero-order valence-electron chi connectivity index (χ0n) is 28.2. The maximum Gasteiger partial charge on any atom is 0.433 e. The van der Waals surface area contributed by atoms with Gasteiger partial charge in [-0.3, -0.25) is 29.4 Å². The molecule has 3 aliphatic rings. The molecule has 2 saturated heterocycles. The van der Waals surface area contributed by atoms with Crippen LogP contribution in [0.5, 0.6) is 5.75 Å². The van der Waals surface area contributed by atoms with Crippen LogP contribution in [-0.2, 0) is 11.0 Å². The predicted octanol–water partition coefficient (Wildman–Crippen LogP) is 5.71. The van der Waals surface area contributed by atoms with Gasteiger partial charge in [-0.25, -0.2) is 9.78 Å². The second kappa shape index (κ2) is 14.2. The molecule has 0 radical (unpaired) electrons. The van der Waals surface area contributed by atoms with Gasteiger partial charge in [0.1, 0.15) is 17.1 Å². The Balaban J connectivity index is 0.907. The highest BCUT2D eigenvalue weighted by molar-refractivity contribution is 6.06. The first-order chi connectivity index (χ1) is 24.5. The molecule has 4 heterocycles. The van der Waals surface area contributed by atoms with Gasteiger partial charge in [-0.2, -0.15) is 18.3 Å². The van der Waals surface area contributed by atoms with E-state index < -0.39 is 17.8 Å². The fourth-order valence-corrected chi connectivity index (χ4v) is 7.23. The van der Waals surface area contributed by atoms with Crippen LogP contribution in [0.15, 0.2) is 60.8 Å². The molecule has 2 aromatic carbocycles. The van der Waals surface area contributed by atoms with Gasteiger partial charge in [-0.15, -0.1) is 0 Å². The Morgan fingerprint density at radius 2 is 1.69 bits per heavy atom. The van der Waals surface area contributed by atoms with Crippen LogP contribution in [-0.4, -0.2) is 83.9 Å². The number of aromatic nitrogens is 3. The second-order valence-corrected chi connectivity index (χ2v) is 13.3. The van der Waals surface area contributed by atoms with Gasteiger partial charge in [0.25, 0.3) is 5.91 Å². The van der Waals surface area contributed by atoms with E-state index >= 15 is 0 Å². The Bertz CT molecular complexity index is 1920. The molecule has 0 spiro atoms. The lowest BCUT2D eigenvalue weighted by molar-refractivity contribution is -0.141. The van der Waals surface area contributed by atoms with E-state index in [1.54, 1.807) is 17.0 Å². The summed E-state index contributed by atoms with van der Waals surface area (Å²) in [5.41, 5.74) is 1.44. The highest BCUT2D eigenvalue weighted by Crippen LogP contribution is 2.36. The molecule has 4 amide bonds. The van der Waals surface area contributed by atoms with Crippen molar-refractivity contribution in [1.82, 2.24) is 25.0 Å². The standard InChI is InChI=1S/C36H39F3N8O4/c1-51-31-20-29-24(19-30(31)41-34(49)28-3-2-4-32(40-28)36(37,38)39)22-47(43-29)27-7-5-23(6-8-27)21-44-15-17-45(18-16-44)25-9-11-26(12-10-25)46-14-13-33(48)42-35(46)50/h2-4,9-12,19-20,22-23,27H,5-8,13-18,21H2,1H3,(H,41,49)(H,42,48,50). The van der Waals surface area contributed by atoms with Crippen LogP contribution in [0.2, 0.25) is 0 Å². The minimum Gasteiger partial charge on any atom is -0.494 e. The number of pyridine rings is 1. The highest BCUT2D eigenvalue weighted by Gasteiger charge is 2.33. The lowest BCUT2D eigenvalue weighted by atomic mass is 9.85. The van der Waals surface area contributed by atoms with Crippen LogP contribution in [0.25, 0.3) is 10.9 Å². The number of imide groups is 1. The quantitative estimate of drug-likeness (QED) is 0.239. The van der Waals surface area contributed by atoms with Crippen LogP contribution in [0.3, 0.4) is 0 Å². The molecular weight excluding hydrogens is 665 g/mol. The van der Waals surface area contributed by atoms with Crippen molar-refractivity contribution >= 4 is 45.8 Å². The van der Waals surface area contributed by atoms with Crippen LogP contribution in [0.1, 0.15) is 54.3 Å². The number of methoxy groups -OCH3 is 1. The summed E-state index contributed by atoms with van der Waals surface area (Å²) in [6, 6.07) is 14.5. The largest absolute Gasteiger partial charge is 0.494 e. The molecule has 3 fully saturated rings. The third-order valence-electron chi connectivity index (χ3n) is 10.0. The smallest absolute Gasteiger partial charge is 0.433 e. The monoisotopic (exact) mass is 704 g/mol. The number of alkyl halides is 3. The summed E-state index contributed by atoms with van der Waals surface area (Å²) in [5, 5.41) is 10.6. The zero-order valence-corrected chi connectivity index (χ0v) is 28.2. The zero-order chi connectivity index (χ0) is 35.7. The van der Waals surface area contributed by atoms with Gasteiger partial charge in [0.05, 0.1) is 24.4 Å². The highest BCUT2D eigenvalue weighted by atomic mass is 19.4. The van der Waals surface area contributed by atoms with Crippen LogP contribution < -0.4 is 25.2 Å². The molecule has 0 bridgehead atoms. The van der Waals surface area contributed by atoms with Crippen molar-refractivity contribution in [2.24, 2.45) is 5.92 Å². The SMILES string of the molecule is COc1cc2nn(C3CCC(CN4CCN(c5ccc(N6CCC(=O)NC6=O)cc5)CC4)CC3)cc2cc1NC(=O)c1cccc(C(F)(F)F)n1. The van der Waals surface area contributed by atoms with Crippen molar-refractivity contribution in [2.75, 3.05) is 61.5 Å². The van der Waals surface area contributed by atoms with E-state index in [0.29, 0.717) is 35.8 Å². The van der Waals surface area contributed by atoms with Gasteiger partial charge >= 0.3 is 12.2 Å². The van der Waals surface area contributed by atoms with Crippen molar-refractivity contribution in [3.05, 3.63) is 72.2 Å². The molecule has 2 N–H and O–H groups in total. The fraction of sp³-hybridized carbons (Fsp3) is 0.417. The van der Waals surface area contributed by atoms with Crippen LogP contribution >= 0.6 is 0 Å². The molecule has 1 saturated carbocycles. The van der Waals surface area contributed by atoms with E-state index in [2.05, 4.69) is 25.4 Å². The number of rotatable bonds is 8. The molecule has 2 aliphatic heterocycles. The number of carbonyl (C=O) groups is 3. The number of halogens is 3. The van der Waals surface area contributed by atoms with Crippen LogP contribution in [0.4, 0.5) is 35.0 Å². The maximum absolute atomic E-state index is 13.1. The van der Waals surface area contributed by atoms with E-state index in [1.165, 1.54) is 13.2 Å². The Morgan fingerprint density at radius 1 is 0.961 bits per heavy atom. The Kier molecular flexibility index (Phi) is 9.55. The Hall–Kier alpha value is -5.18. The minimum absolute atomic E-state index is 0.239. The summed E-state index contributed by atoms with van der Waals surface area (Å²) in [4.78, 5) is 46.5. The number of amides is 4. The summed E-state index contributed by atoms with van der Waals surface area (Å²) in [6.07, 6.45) is 1.76. The van der Waals surface area contributed by atoms with E-state index in [-0.39, 0.29) is 23.7 Å². The number of hydrogen-bond donors (Lipinski definition) is 2. The van der Waals surface area contributed by atoms with Gasteiger partial charge in [0.15, 0.2) is 0 Å². The topological polar surface area (TPSA) is 125 Å². The number of urea groups is 1. The third-order valence-corrected chi connectivity index (χ3v) is 10.0. The number of anilines is 3. The van der Waals surface area contributed by atoms with E-state index in [4.69, 9.17) is 9.84 Å². The number of piperazine rings is 1. The molecule has 0 unspecified atom stereocenters. The Morgan fingerprint density at radius 3 is 2.37 bits per heavy atom. The summed E-state index contributed by atoms with van der Waals surface area (Å²) in [5.74, 6) is -0.0656. The minimum atomic E-state index is -4.66. The summed E-state index contributed by atoms with van der Waals surface area (Å²) in [6.45, 7) is 5.26. The molecule has 7 rings (SSSR count). The number of nitrogens with one attached hydrogen (secondary N) is 2. The van der Waals surface area contributed by atoms with Gasteiger partial charge in [-0.05, 0) is 74.1 Å². The van der Waals surface area contributed by atoms with Crippen molar-refractivity contribution in [2.45, 2.75) is 44.3 Å². The average Bonchev–Trinajstić information content (AvgIpc) is 3.55. The van der Waals surface area contributed by atoms with Crippen molar-refractivity contribution in [3.63, 3.8) is 0 Å². The third kappa shape index (κ3) is 7.62. The first-order valence-electron chi connectivity index (χ1n) is 17.2. The molecular formula is C36H39F3N8O4. The van der Waals surface area contributed by atoms with E-state index in [0.717, 1.165) is 87.3 Å². The molecule has 2 aromatic heterocycles. The fourth-order valence-electron chi connectivity index (χ4n) is 7.23. The number of ether oxygens (including phenoxy) is 1. The second-order valence-electron chi connectivity index (χ2n) is 13.3. The molecule has 268 valence electrons. The number of nitrogens with zero attached hydrogens (tertiary/aromatic N) is 6. The first-order valence-corrected chi connectivity index (χ1v) is 17.2. The van der Waals surface area contributed by atoms with Gasteiger partial charge in [0, 0.05) is 74.7 Å². The summed E-state index contributed by atoms with van der Waals surface area (Å²) >= 11 is 0. The maximum atomic E-state index is 13.1. The number of hydrogen-bond acceptors (Lipinski definition) is 8. The number of benzene rings is 2. The molecule has 15 heteroatoms. The van der Waals surface area contributed by atoms with E-state index in [1.807, 2.05) is 35.1 Å². The van der Waals surface area contributed by atoms with Crippen molar-refractivity contribution < 1.29 is 32.3 Å². The van der Waals surface area contributed by atoms with Crippen molar-refractivity contribution in [1.29, 1.82) is 0 Å². The average molecular weight is 705 g/mol. The lowest BCUT2D eigenvalue weighted by Crippen LogP contribution is -2.49. The Labute approximate surface area is 292 Å². The molecule has 12 nitrogen and oxygen atoms in total. The van der Waals surface area contributed by atoms with E-state index in [9.17, 15) is 27.6 Å². The lowest BCUT2D eigenvalue weighted by Gasteiger charge is -2.39. The summed E-state index contributed by atoms with van der Waals surface area (Å²) < 4.78 is 46.8. The predicted molar refractivity (Wildman–Crippen MR) is 185 cm³/mol. The molecule has 4 aromatic rings. The van der Waals surface area contributed by atoms with Gasteiger partial charge < -0.3 is 15.0 Å². The number of carbonyl (C=O) groups excluding carboxylic acids is 3. The molecule has 51 heavy (non-hydrogen) atoms. The summed E-state index contributed by atoms with van der Waals surface area (Å²) in [7, 11) is 1.46. The molecule has 0 atom stereocenters. The van der Waals surface area contributed by atoms with Gasteiger partial charge in [0.2, 0.25) is 5.91 Å². The molecule has 1 aliphatic carbocycles.